The van der Waals surface area contributed by atoms with Crippen LogP contribution in [0.3, 0.4) is 0 Å². The van der Waals surface area contributed by atoms with Crippen LogP contribution in [0.4, 0.5) is 10.5 Å². The van der Waals surface area contributed by atoms with Crippen molar-refractivity contribution in [2.24, 2.45) is 5.92 Å². The molecule has 2 atom stereocenters. The van der Waals surface area contributed by atoms with Crippen molar-refractivity contribution < 1.29 is 9.59 Å². The summed E-state index contributed by atoms with van der Waals surface area (Å²) in [6, 6.07) is 7.04. The fourth-order valence-corrected chi connectivity index (χ4v) is 2.85. The lowest BCUT2D eigenvalue weighted by Crippen LogP contribution is -2.43. The maximum atomic E-state index is 12.1. The van der Waals surface area contributed by atoms with E-state index in [0.717, 1.165) is 12.8 Å². The zero-order valence-electron chi connectivity index (χ0n) is 13.6. The number of benzene rings is 1. The summed E-state index contributed by atoms with van der Waals surface area (Å²) in [4.78, 5) is 25.6. The van der Waals surface area contributed by atoms with Crippen molar-refractivity contribution in [1.29, 1.82) is 0 Å². The number of hydrogen-bond donors (Lipinski definition) is 2. The molecule has 2 rings (SSSR count). The van der Waals surface area contributed by atoms with Gasteiger partial charge in [0, 0.05) is 31.4 Å². The van der Waals surface area contributed by atoms with E-state index in [1.807, 2.05) is 0 Å². The molecular formula is C17H25N3O2. The van der Waals surface area contributed by atoms with Gasteiger partial charge < -0.3 is 15.5 Å². The highest BCUT2D eigenvalue weighted by atomic mass is 16.2. The minimum absolute atomic E-state index is 0.0787. The van der Waals surface area contributed by atoms with Gasteiger partial charge >= 0.3 is 6.03 Å². The van der Waals surface area contributed by atoms with Crippen LogP contribution >= 0.6 is 0 Å². The Hall–Kier alpha value is -2.04. The number of nitrogens with zero attached hydrogens (tertiary/aromatic N) is 1. The van der Waals surface area contributed by atoms with Gasteiger partial charge in [0.15, 0.2) is 0 Å². The lowest BCUT2D eigenvalue weighted by molar-refractivity contribution is 0.0827. The van der Waals surface area contributed by atoms with Gasteiger partial charge in [-0.25, -0.2) is 4.79 Å². The summed E-state index contributed by atoms with van der Waals surface area (Å²) in [6.07, 6.45) is 4.61. The van der Waals surface area contributed by atoms with Crippen LogP contribution in [0.25, 0.3) is 0 Å². The molecule has 2 N–H and O–H groups in total. The van der Waals surface area contributed by atoms with Crippen LogP contribution in [0.15, 0.2) is 24.3 Å². The van der Waals surface area contributed by atoms with Crippen molar-refractivity contribution in [3.8, 4) is 0 Å². The summed E-state index contributed by atoms with van der Waals surface area (Å²) in [7, 11) is 3.42. The number of nitrogens with one attached hydrogen (secondary N) is 2. The lowest BCUT2D eigenvalue weighted by Gasteiger charge is -2.29. The maximum absolute atomic E-state index is 12.1. The molecule has 0 unspecified atom stereocenters. The molecule has 0 saturated heterocycles. The van der Waals surface area contributed by atoms with Crippen LogP contribution in [0, 0.1) is 5.92 Å². The summed E-state index contributed by atoms with van der Waals surface area (Å²) < 4.78 is 0. The zero-order valence-corrected chi connectivity index (χ0v) is 13.6. The van der Waals surface area contributed by atoms with Crippen molar-refractivity contribution in [2.45, 2.75) is 38.6 Å². The molecule has 1 aliphatic rings. The fraction of sp³-hybridized carbons (Fsp3) is 0.529. The Morgan fingerprint density at radius 3 is 2.59 bits per heavy atom. The molecule has 22 heavy (non-hydrogen) atoms. The van der Waals surface area contributed by atoms with Crippen LogP contribution < -0.4 is 10.6 Å². The van der Waals surface area contributed by atoms with Gasteiger partial charge in [0.1, 0.15) is 0 Å². The first-order chi connectivity index (χ1) is 10.5. The van der Waals surface area contributed by atoms with Gasteiger partial charge in [-0.1, -0.05) is 25.8 Å². The highest BCUT2D eigenvalue weighted by molar-refractivity contribution is 5.96. The van der Waals surface area contributed by atoms with Crippen molar-refractivity contribution in [3.05, 3.63) is 29.8 Å². The predicted molar refractivity (Wildman–Crippen MR) is 88.0 cm³/mol. The molecular weight excluding hydrogens is 278 g/mol. The molecule has 1 aliphatic carbocycles. The molecule has 1 aromatic carbocycles. The highest BCUT2D eigenvalue weighted by Gasteiger charge is 2.22. The van der Waals surface area contributed by atoms with Crippen LogP contribution in [-0.2, 0) is 0 Å². The molecule has 1 saturated carbocycles. The van der Waals surface area contributed by atoms with Gasteiger partial charge in [-0.3, -0.25) is 4.79 Å². The minimum Gasteiger partial charge on any atom is -0.345 e. The molecule has 0 aliphatic heterocycles. The predicted octanol–water partition coefficient (Wildman–Crippen LogP) is 3.09. The first-order valence-corrected chi connectivity index (χ1v) is 7.86. The Morgan fingerprint density at radius 1 is 1.18 bits per heavy atom. The van der Waals surface area contributed by atoms with Crippen molar-refractivity contribution in [3.63, 3.8) is 0 Å². The summed E-state index contributed by atoms with van der Waals surface area (Å²) in [5.74, 6) is 0.436. The van der Waals surface area contributed by atoms with Gasteiger partial charge in [-0.15, -0.1) is 0 Å². The number of anilines is 1. The highest BCUT2D eigenvalue weighted by Crippen LogP contribution is 2.23. The first kappa shape index (κ1) is 16.3. The number of hydrogen-bond acceptors (Lipinski definition) is 2. The van der Waals surface area contributed by atoms with Crippen molar-refractivity contribution in [2.75, 3.05) is 19.4 Å². The molecule has 0 aromatic heterocycles. The SMILES string of the molecule is C[C@@H]1CCCC[C@@H]1NC(=O)Nc1cccc(C(=O)N(C)C)c1. The van der Waals surface area contributed by atoms with E-state index in [9.17, 15) is 9.59 Å². The molecule has 0 bridgehead atoms. The normalized spacial score (nSPS) is 21.0. The van der Waals surface area contributed by atoms with Gasteiger partial charge in [0.25, 0.3) is 5.91 Å². The van der Waals surface area contributed by atoms with Gasteiger partial charge in [-0.2, -0.15) is 0 Å². The van der Waals surface area contributed by atoms with E-state index in [1.54, 1.807) is 38.4 Å². The number of urea groups is 1. The molecule has 0 heterocycles. The average molecular weight is 303 g/mol. The first-order valence-electron chi connectivity index (χ1n) is 7.86. The second kappa shape index (κ2) is 7.29. The quantitative estimate of drug-likeness (QED) is 0.901. The summed E-state index contributed by atoms with van der Waals surface area (Å²) in [6.45, 7) is 2.18. The lowest BCUT2D eigenvalue weighted by atomic mass is 9.86. The van der Waals surface area contributed by atoms with E-state index in [2.05, 4.69) is 17.6 Å². The van der Waals surface area contributed by atoms with E-state index in [-0.39, 0.29) is 18.0 Å². The van der Waals surface area contributed by atoms with Gasteiger partial charge in [0.05, 0.1) is 0 Å². The average Bonchev–Trinajstić information content (AvgIpc) is 2.49. The van der Waals surface area contributed by atoms with Crippen LogP contribution in [-0.4, -0.2) is 37.0 Å². The molecule has 0 spiro atoms. The summed E-state index contributed by atoms with van der Waals surface area (Å²) in [5, 5.41) is 5.87. The summed E-state index contributed by atoms with van der Waals surface area (Å²) in [5.41, 5.74) is 1.20. The maximum Gasteiger partial charge on any atom is 0.319 e. The van der Waals surface area contributed by atoms with Crippen LogP contribution in [0.5, 0.6) is 0 Å². The minimum atomic E-state index is -0.201. The molecule has 1 aromatic rings. The molecule has 0 radical (unpaired) electrons. The Morgan fingerprint density at radius 2 is 1.91 bits per heavy atom. The Bertz CT molecular complexity index is 542. The topological polar surface area (TPSA) is 61.4 Å². The summed E-state index contributed by atoms with van der Waals surface area (Å²) >= 11 is 0. The molecule has 5 heteroatoms. The standard InChI is InChI=1S/C17H25N3O2/c1-12-7-4-5-10-15(12)19-17(22)18-14-9-6-8-13(11-14)16(21)20(2)3/h6,8-9,11-12,15H,4-5,7,10H2,1-3H3,(H2,18,19,22)/t12-,15+/m1/s1. The van der Waals surface area contributed by atoms with E-state index < -0.39 is 0 Å². The van der Waals surface area contributed by atoms with E-state index in [0.29, 0.717) is 17.2 Å². The second-order valence-electron chi connectivity index (χ2n) is 6.25. The Balaban J connectivity index is 1.96. The zero-order chi connectivity index (χ0) is 16.1. The number of carbonyl (C=O) groups is 2. The third kappa shape index (κ3) is 4.23. The Kier molecular flexibility index (Phi) is 5.41. The van der Waals surface area contributed by atoms with Crippen LogP contribution in [0.1, 0.15) is 43.0 Å². The largest absolute Gasteiger partial charge is 0.345 e. The molecule has 120 valence electrons. The fourth-order valence-electron chi connectivity index (χ4n) is 2.85. The van der Waals surface area contributed by atoms with E-state index in [4.69, 9.17) is 0 Å². The molecule has 3 amide bonds. The van der Waals surface area contributed by atoms with Crippen molar-refractivity contribution >= 4 is 17.6 Å². The Labute approximate surface area is 132 Å². The third-order valence-electron chi connectivity index (χ3n) is 4.20. The van der Waals surface area contributed by atoms with Gasteiger partial charge in [-0.05, 0) is 37.0 Å². The van der Waals surface area contributed by atoms with E-state index >= 15 is 0 Å². The number of carbonyl (C=O) groups excluding carboxylic acids is 2. The smallest absolute Gasteiger partial charge is 0.319 e. The monoisotopic (exact) mass is 303 g/mol. The second-order valence-corrected chi connectivity index (χ2v) is 6.25. The van der Waals surface area contributed by atoms with Crippen LogP contribution in [0.2, 0.25) is 0 Å². The third-order valence-corrected chi connectivity index (χ3v) is 4.20. The molecule has 1 fully saturated rings. The number of rotatable bonds is 3. The number of amides is 3. The van der Waals surface area contributed by atoms with Gasteiger partial charge in [0.2, 0.25) is 0 Å². The van der Waals surface area contributed by atoms with Crippen molar-refractivity contribution in [1.82, 2.24) is 10.2 Å². The van der Waals surface area contributed by atoms with E-state index in [1.165, 1.54) is 17.7 Å². The molecule has 5 nitrogen and oxygen atoms in total.